The summed E-state index contributed by atoms with van der Waals surface area (Å²) < 4.78 is 5.09. The number of carbonyl (C=O) groups excluding carboxylic acids is 1. The molecule has 0 amide bonds. The summed E-state index contributed by atoms with van der Waals surface area (Å²) in [6.07, 6.45) is 8.59. The van der Waals surface area contributed by atoms with E-state index in [0.29, 0.717) is 32.3 Å². The van der Waals surface area contributed by atoms with Gasteiger partial charge in [0.25, 0.3) is 0 Å². The minimum atomic E-state index is -0.688. The fraction of sp³-hybridized carbons (Fsp3) is 0.933. The molecule has 1 heterocycles. The van der Waals surface area contributed by atoms with Crippen molar-refractivity contribution < 1.29 is 19.7 Å². The third-order valence-corrected chi connectivity index (χ3v) is 3.73. The molecule has 0 spiro atoms. The van der Waals surface area contributed by atoms with E-state index in [4.69, 9.17) is 4.74 Å². The molecule has 4 heteroatoms. The second-order valence-corrected chi connectivity index (χ2v) is 5.51. The molecule has 0 bridgehead atoms. The number of hydrogen-bond donors (Lipinski definition) is 2. The highest BCUT2D eigenvalue weighted by molar-refractivity contribution is 5.69. The fourth-order valence-corrected chi connectivity index (χ4v) is 2.44. The maximum atomic E-state index is 11.4. The monoisotopic (exact) mass is 272 g/mol. The lowest BCUT2D eigenvalue weighted by molar-refractivity contribution is -0.144. The van der Waals surface area contributed by atoms with Crippen LogP contribution in [0.2, 0.25) is 0 Å². The smallest absolute Gasteiger partial charge is 0.305 e. The molecule has 1 aliphatic heterocycles. The van der Waals surface area contributed by atoms with Gasteiger partial charge in [0.1, 0.15) is 0 Å². The predicted octanol–water partition coefficient (Wildman–Crippen LogP) is 2.56. The van der Waals surface area contributed by atoms with Crippen molar-refractivity contribution in [2.24, 2.45) is 0 Å². The zero-order valence-electron chi connectivity index (χ0n) is 11.9. The van der Waals surface area contributed by atoms with E-state index < -0.39 is 12.2 Å². The fourth-order valence-electron chi connectivity index (χ4n) is 2.44. The minimum absolute atomic E-state index is 0.137. The van der Waals surface area contributed by atoms with Crippen molar-refractivity contribution in [3.05, 3.63) is 0 Å². The van der Waals surface area contributed by atoms with Gasteiger partial charge in [-0.2, -0.15) is 0 Å². The molecule has 1 rings (SSSR count). The summed E-state index contributed by atoms with van der Waals surface area (Å²) in [5.41, 5.74) is 0. The normalized spacial score (nSPS) is 29.7. The first-order chi connectivity index (χ1) is 9.20. The third-order valence-electron chi connectivity index (χ3n) is 3.73. The van der Waals surface area contributed by atoms with E-state index in [1.54, 1.807) is 0 Å². The molecule has 0 unspecified atom stereocenters. The second-order valence-electron chi connectivity index (χ2n) is 5.51. The van der Waals surface area contributed by atoms with Gasteiger partial charge < -0.3 is 14.9 Å². The van der Waals surface area contributed by atoms with Crippen LogP contribution in [-0.2, 0) is 9.53 Å². The average Bonchev–Trinajstić information content (AvgIpc) is 2.40. The van der Waals surface area contributed by atoms with Crippen LogP contribution in [0.1, 0.15) is 70.6 Å². The van der Waals surface area contributed by atoms with Gasteiger partial charge in [-0.05, 0) is 25.7 Å². The van der Waals surface area contributed by atoms with E-state index in [-0.39, 0.29) is 5.97 Å². The van der Waals surface area contributed by atoms with Crippen molar-refractivity contribution in [3.63, 3.8) is 0 Å². The Morgan fingerprint density at radius 2 is 1.32 bits per heavy atom. The van der Waals surface area contributed by atoms with E-state index in [9.17, 15) is 15.0 Å². The van der Waals surface area contributed by atoms with Gasteiger partial charge in [0.2, 0.25) is 0 Å². The van der Waals surface area contributed by atoms with Crippen LogP contribution in [0.25, 0.3) is 0 Å². The molecule has 0 radical (unpaired) electrons. The Morgan fingerprint density at radius 1 is 0.789 bits per heavy atom. The van der Waals surface area contributed by atoms with Gasteiger partial charge in [0, 0.05) is 6.42 Å². The Balaban J connectivity index is 2.29. The summed E-state index contributed by atoms with van der Waals surface area (Å²) in [6, 6.07) is 0. The summed E-state index contributed by atoms with van der Waals surface area (Å²) in [4.78, 5) is 11.4. The lowest BCUT2D eigenvalue weighted by Crippen LogP contribution is -2.26. The molecular formula is C15H28O4. The van der Waals surface area contributed by atoms with Crippen LogP contribution in [0.15, 0.2) is 0 Å². The van der Waals surface area contributed by atoms with Crippen LogP contribution < -0.4 is 0 Å². The second kappa shape index (κ2) is 10.2. The highest BCUT2D eigenvalue weighted by Gasteiger charge is 2.15. The van der Waals surface area contributed by atoms with Gasteiger partial charge >= 0.3 is 5.97 Å². The van der Waals surface area contributed by atoms with Gasteiger partial charge in [0.05, 0.1) is 18.8 Å². The van der Waals surface area contributed by atoms with E-state index in [1.807, 2.05) is 0 Å². The lowest BCUT2D eigenvalue weighted by Gasteiger charge is -2.17. The van der Waals surface area contributed by atoms with E-state index >= 15 is 0 Å². The van der Waals surface area contributed by atoms with Gasteiger partial charge in [-0.3, -0.25) is 4.79 Å². The number of ether oxygens (including phenoxy) is 1. The van der Waals surface area contributed by atoms with Crippen LogP contribution in [-0.4, -0.2) is 35.0 Å². The zero-order chi connectivity index (χ0) is 13.9. The van der Waals surface area contributed by atoms with Crippen LogP contribution in [0.3, 0.4) is 0 Å². The van der Waals surface area contributed by atoms with Gasteiger partial charge in [-0.1, -0.05) is 38.5 Å². The molecule has 4 nitrogen and oxygen atoms in total. The average molecular weight is 272 g/mol. The quantitative estimate of drug-likeness (QED) is 0.665. The van der Waals surface area contributed by atoms with Crippen molar-refractivity contribution in [1.29, 1.82) is 0 Å². The summed E-state index contributed by atoms with van der Waals surface area (Å²) >= 11 is 0. The third kappa shape index (κ3) is 8.22. The molecule has 19 heavy (non-hydrogen) atoms. The number of carbonyl (C=O) groups is 1. The predicted molar refractivity (Wildman–Crippen MR) is 73.8 cm³/mol. The van der Waals surface area contributed by atoms with Crippen molar-refractivity contribution in [2.75, 3.05) is 6.61 Å². The Morgan fingerprint density at radius 3 is 2.00 bits per heavy atom. The molecule has 1 saturated heterocycles. The first kappa shape index (κ1) is 16.4. The first-order valence-corrected chi connectivity index (χ1v) is 7.72. The van der Waals surface area contributed by atoms with Crippen LogP contribution in [0.4, 0.5) is 0 Å². The Bertz CT molecular complexity index is 242. The molecule has 0 aromatic rings. The number of hydrogen-bond acceptors (Lipinski definition) is 4. The van der Waals surface area contributed by atoms with Crippen molar-refractivity contribution in [3.8, 4) is 0 Å². The Kier molecular flexibility index (Phi) is 8.84. The minimum Gasteiger partial charge on any atom is -0.466 e. The molecule has 1 aliphatic rings. The molecule has 0 aromatic heterocycles. The molecule has 0 aliphatic carbocycles. The summed E-state index contributed by atoms with van der Waals surface area (Å²) in [6.45, 7) is 0.350. The number of rotatable bonds is 0. The van der Waals surface area contributed by atoms with Crippen molar-refractivity contribution >= 4 is 5.97 Å². The topological polar surface area (TPSA) is 66.8 Å². The summed E-state index contributed by atoms with van der Waals surface area (Å²) in [5.74, 6) is -0.137. The maximum Gasteiger partial charge on any atom is 0.305 e. The van der Waals surface area contributed by atoms with Crippen LogP contribution in [0.5, 0.6) is 0 Å². The molecule has 1 fully saturated rings. The molecule has 2 atom stereocenters. The SMILES string of the molecule is O=C1CCCCCCCCC[C@H](O)[C@@H](O)CCCO1. The Labute approximate surface area is 116 Å². The van der Waals surface area contributed by atoms with Gasteiger partial charge in [-0.25, -0.2) is 0 Å². The van der Waals surface area contributed by atoms with Gasteiger partial charge in [-0.15, -0.1) is 0 Å². The molecular weight excluding hydrogens is 244 g/mol. The van der Waals surface area contributed by atoms with E-state index in [2.05, 4.69) is 0 Å². The molecule has 2 N–H and O–H groups in total. The molecule has 0 aromatic carbocycles. The van der Waals surface area contributed by atoms with Gasteiger partial charge in [0.15, 0.2) is 0 Å². The number of esters is 1. The first-order valence-electron chi connectivity index (χ1n) is 7.72. The summed E-state index contributed by atoms with van der Waals surface area (Å²) in [5, 5.41) is 19.5. The highest BCUT2D eigenvalue weighted by Crippen LogP contribution is 2.14. The zero-order valence-corrected chi connectivity index (χ0v) is 11.9. The largest absolute Gasteiger partial charge is 0.466 e. The number of aliphatic hydroxyl groups is 2. The maximum absolute atomic E-state index is 11.4. The van der Waals surface area contributed by atoms with Crippen molar-refractivity contribution in [1.82, 2.24) is 0 Å². The molecule has 112 valence electrons. The number of aliphatic hydroxyl groups excluding tert-OH is 2. The number of cyclic esters (lactones) is 1. The van der Waals surface area contributed by atoms with Crippen LogP contribution in [0, 0.1) is 0 Å². The molecule has 0 saturated carbocycles. The van der Waals surface area contributed by atoms with Crippen molar-refractivity contribution in [2.45, 2.75) is 82.8 Å². The van der Waals surface area contributed by atoms with Crippen LogP contribution >= 0.6 is 0 Å². The van der Waals surface area contributed by atoms with E-state index in [0.717, 1.165) is 25.7 Å². The van der Waals surface area contributed by atoms with E-state index in [1.165, 1.54) is 19.3 Å². The Hall–Kier alpha value is -0.610. The summed E-state index contributed by atoms with van der Waals surface area (Å²) in [7, 11) is 0. The standard InChI is InChI=1S/C15H28O4/c16-13-9-6-4-2-1-3-5-7-11-15(18)19-12-8-10-14(13)17/h13-14,16-17H,1-12H2/t13-,14-/m0/s1. The lowest BCUT2D eigenvalue weighted by atomic mass is 10.0. The highest BCUT2D eigenvalue weighted by atomic mass is 16.5.